The van der Waals surface area contributed by atoms with Crippen molar-refractivity contribution in [2.24, 2.45) is 0 Å². The largest absolute Gasteiger partial charge is 0.294 e. The number of hydrogen-bond acceptors (Lipinski definition) is 4. The molecule has 1 aromatic carbocycles. The molecule has 0 unspecified atom stereocenters. The maximum Gasteiger partial charge on any atom is 0.284 e. The average molecular weight is 296 g/mol. The molecule has 4 aromatic rings. The molecule has 6 heteroatoms. The van der Waals surface area contributed by atoms with Crippen LogP contribution in [0.5, 0.6) is 0 Å². The lowest BCUT2D eigenvalue weighted by Crippen LogP contribution is -2.14. The van der Waals surface area contributed by atoms with Gasteiger partial charge in [-0.05, 0) is 26.0 Å². The smallest absolute Gasteiger partial charge is 0.284 e. The molecule has 21 heavy (non-hydrogen) atoms. The number of benzene rings is 1. The fourth-order valence-electron chi connectivity index (χ4n) is 2.51. The van der Waals surface area contributed by atoms with E-state index in [1.165, 1.54) is 11.3 Å². The van der Waals surface area contributed by atoms with Gasteiger partial charge in [-0.1, -0.05) is 12.1 Å². The standard InChI is InChI=1S/C15H12N4OS/c1-9-8-21-15-17-12(7-18(9)15)14(20)19-10(2)16-11-5-3-4-6-13(11)19/h3-8H,1-2H3. The Balaban J connectivity index is 1.91. The second-order valence-electron chi connectivity index (χ2n) is 4.94. The van der Waals surface area contributed by atoms with E-state index >= 15 is 0 Å². The summed E-state index contributed by atoms with van der Waals surface area (Å²) in [6.45, 7) is 3.83. The number of aromatic nitrogens is 4. The molecule has 0 aliphatic carbocycles. The molecule has 3 heterocycles. The maximum absolute atomic E-state index is 12.8. The van der Waals surface area contributed by atoms with Gasteiger partial charge in [-0.2, -0.15) is 0 Å². The first-order valence-electron chi connectivity index (χ1n) is 6.57. The molecule has 0 amide bonds. The summed E-state index contributed by atoms with van der Waals surface area (Å²) in [7, 11) is 0. The van der Waals surface area contributed by atoms with Crippen LogP contribution in [0.2, 0.25) is 0 Å². The Hall–Kier alpha value is -2.47. The molecular weight excluding hydrogens is 284 g/mol. The lowest BCUT2D eigenvalue weighted by Gasteiger charge is -2.02. The van der Waals surface area contributed by atoms with Crippen LogP contribution < -0.4 is 0 Å². The highest BCUT2D eigenvalue weighted by Gasteiger charge is 2.19. The lowest BCUT2D eigenvalue weighted by molar-refractivity contribution is 0.0958. The van der Waals surface area contributed by atoms with Crippen molar-refractivity contribution in [3.8, 4) is 0 Å². The maximum atomic E-state index is 12.8. The fourth-order valence-corrected chi connectivity index (χ4v) is 3.37. The van der Waals surface area contributed by atoms with E-state index < -0.39 is 0 Å². The van der Waals surface area contributed by atoms with Gasteiger partial charge in [-0.25, -0.2) is 9.97 Å². The number of aryl methyl sites for hydroxylation is 2. The average Bonchev–Trinajstić information content (AvgIpc) is 3.12. The predicted molar refractivity (Wildman–Crippen MR) is 82.0 cm³/mol. The van der Waals surface area contributed by atoms with Gasteiger partial charge in [-0.15, -0.1) is 11.3 Å². The second-order valence-corrected chi connectivity index (χ2v) is 5.78. The van der Waals surface area contributed by atoms with Gasteiger partial charge in [0.1, 0.15) is 11.5 Å². The van der Waals surface area contributed by atoms with E-state index in [0.29, 0.717) is 11.5 Å². The molecule has 0 N–H and O–H groups in total. The molecule has 0 radical (unpaired) electrons. The lowest BCUT2D eigenvalue weighted by atomic mass is 10.3. The highest BCUT2D eigenvalue weighted by Crippen LogP contribution is 2.20. The number of imidazole rings is 2. The third-order valence-corrected chi connectivity index (χ3v) is 4.50. The van der Waals surface area contributed by atoms with Crippen molar-refractivity contribution in [2.75, 3.05) is 0 Å². The number of thiazole rings is 1. The predicted octanol–water partition coefficient (Wildman–Crippen LogP) is 3.05. The van der Waals surface area contributed by atoms with Crippen LogP contribution in [0.1, 0.15) is 22.0 Å². The third-order valence-electron chi connectivity index (χ3n) is 3.54. The molecule has 0 aliphatic rings. The van der Waals surface area contributed by atoms with E-state index in [4.69, 9.17) is 0 Å². The Morgan fingerprint density at radius 1 is 1.19 bits per heavy atom. The number of fused-ring (bicyclic) bond motifs is 2. The Morgan fingerprint density at radius 2 is 2.00 bits per heavy atom. The van der Waals surface area contributed by atoms with Gasteiger partial charge in [0.2, 0.25) is 0 Å². The van der Waals surface area contributed by atoms with Gasteiger partial charge >= 0.3 is 0 Å². The number of nitrogens with zero attached hydrogens (tertiary/aromatic N) is 4. The molecule has 0 saturated heterocycles. The molecule has 0 bridgehead atoms. The Morgan fingerprint density at radius 3 is 2.81 bits per heavy atom. The van der Waals surface area contributed by atoms with E-state index in [2.05, 4.69) is 9.97 Å². The Labute approximate surface area is 124 Å². The molecule has 0 saturated carbocycles. The van der Waals surface area contributed by atoms with Crippen LogP contribution in [-0.4, -0.2) is 24.8 Å². The molecule has 5 nitrogen and oxygen atoms in total. The molecule has 104 valence electrons. The van der Waals surface area contributed by atoms with Crippen molar-refractivity contribution in [3.05, 3.63) is 53.1 Å². The van der Waals surface area contributed by atoms with Crippen molar-refractivity contribution >= 4 is 33.2 Å². The van der Waals surface area contributed by atoms with Crippen molar-refractivity contribution in [1.82, 2.24) is 18.9 Å². The SMILES string of the molecule is Cc1nc2ccccc2n1C(=O)c1cn2c(C)csc2n1. The van der Waals surface area contributed by atoms with Gasteiger partial charge in [0, 0.05) is 17.3 Å². The number of para-hydroxylation sites is 2. The minimum atomic E-state index is -0.142. The van der Waals surface area contributed by atoms with Crippen LogP contribution in [0.15, 0.2) is 35.8 Å². The third kappa shape index (κ3) is 1.72. The summed E-state index contributed by atoms with van der Waals surface area (Å²) < 4.78 is 3.56. The number of carbonyl (C=O) groups excluding carboxylic acids is 1. The zero-order chi connectivity index (χ0) is 14.6. The fraction of sp³-hybridized carbons (Fsp3) is 0.133. The Kier molecular flexibility index (Phi) is 2.49. The summed E-state index contributed by atoms with van der Waals surface area (Å²) in [6.07, 6.45) is 1.79. The first-order chi connectivity index (χ1) is 10.1. The summed E-state index contributed by atoms with van der Waals surface area (Å²) >= 11 is 1.53. The van der Waals surface area contributed by atoms with Gasteiger partial charge in [0.15, 0.2) is 4.96 Å². The molecule has 4 rings (SSSR count). The summed E-state index contributed by atoms with van der Waals surface area (Å²) in [6, 6.07) is 7.63. The molecule has 0 fully saturated rings. The molecule has 0 aliphatic heterocycles. The van der Waals surface area contributed by atoms with Crippen molar-refractivity contribution in [3.63, 3.8) is 0 Å². The van der Waals surface area contributed by atoms with Crippen molar-refractivity contribution < 1.29 is 4.79 Å². The highest BCUT2D eigenvalue weighted by atomic mass is 32.1. The van der Waals surface area contributed by atoms with Gasteiger partial charge in [-0.3, -0.25) is 13.8 Å². The first-order valence-corrected chi connectivity index (χ1v) is 7.45. The summed E-state index contributed by atoms with van der Waals surface area (Å²) in [5, 5.41) is 2.02. The minimum absolute atomic E-state index is 0.142. The molecule has 0 atom stereocenters. The van der Waals surface area contributed by atoms with Gasteiger partial charge in [0.05, 0.1) is 11.0 Å². The Bertz CT molecular complexity index is 992. The van der Waals surface area contributed by atoms with Crippen LogP contribution in [0.4, 0.5) is 0 Å². The van der Waals surface area contributed by atoms with E-state index in [1.807, 2.05) is 47.9 Å². The normalized spacial score (nSPS) is 11.5. The van der Waals surface area contributed by atoms with Crippen LogP contribution in [0, 0.1) is 13.8 Å². The van der Waals surface area contributed by atoms with E-state index in [-0.39, 0.29) is 5.91 Å². The van der Waals surface area contributed by atoms with E-state index in [0.717, 1.165) is 21.7 Å². The van der Waals surface area contributed by atoms with Crippen LogP contribution in [0.25, 0.3) is 16.0 Å². The van der Waals surface area contributed by atoms with Crippen LogP contribution in [-0.2, 0) is 0 Å². The first kappa shape index (κ1) is 12.3. The minimum Gasteiger partial charge on any atom is -0.294 e. The quantitative estimate of drug-likeness (QED) is 0.542. The van der Waals surface area contributed by atoms with Gasteiger partial charge < -0.3 is 0 Å². The zero-order valence-electron chi connectivity index (χ0n) is 11.6. The van der Waals surface area contributed by atoms with Crippen molar-refractivity contribution in [2.45, 2.75) is 13.8 Å². The molecule has 0 spiro atoms. The van der Waals surface area contributed by atoms with E-state index in [1.54, 1.807) is 10.8 Å². The van der Waals surface area contributed by atoms with Crippen LogP contribution in [0.3, 0.4) is 0 Å². The van der Waals surface area contributed by atoms with Crippen LogP contribution >= 0.6 is 11.3 Å². The van der Waals surface area contributed by atoms with Gasteiger partial charge in [0.25, 0.3) is 5.91 Å². The molecular formula is C15H12N4OS. The summed E-state index contributed by atoms with van der Waals surface area (Å²) in [5.74, 6) is 0.533. The number of carbonyl (C=O) groups is 1. The van der Waals surface area contributed by atoms with E-state index in [9.17, 15) is 4.79 Å². The topological polar surface area (TPSA) is 52.2 Å². The highest BCUT2D eigenvalue weighted by molar-refractivity contribution is 7.15. The van der Waals surface area contributed by atoms with Crippen molar-refractivity contribution in [1.29, 1.82) is 0 Å². The monoisotopic (exact) mass is 296 g/mol. The molecule has 3 aromatic heterocycles. The number of rotatable bonds is 1. The summed E-state index contributed by atoms with van der Waals surface area (Å²) in [4.78, 5) is 22.5. The summed E-state index contributed by atoms with van der Waals surface area (Å²) in [5.41, 5.74) is 3.15. The zero-order valence-corrected chi connectivity index (χ0v) is 12.4. The number of hydrogen-bond donors (Lipinski definition) is 0. The second kappa shape index (κ2) is 4.26.